The van der Waals surface area contributed by atoms with E-state index in [0.717, 1.165) is 31.0 Å². The molecule has 0 atom stereocenters. The van der Waals surface area contributed by atoms with Crippen LogP contribution in [-0.2, 0) is 16.2 Å². The summed E-state index contributed by atoms with van der Waals surface area (Å²) < 4.78 is 65.5. The van der Waals surface area contributed by atoms with Gasteiger partial charge in [0.25, 0.3) is 5.91 Å². The lowest BCUT2D eigenvalue weighted by Gasteiger charge is -2.29. The average Bonchev–Trinajstić information content (AvgIpc) is 2.69. The van der Waals surface area contributed by atoms with Gasteiger partial charge < -0.3 is 5.32 Å². The second-order valence-electron chi connectivity index (χ2n) is 7.26. The molecule has 1 fully saturated rings. The van der Waals surface area contributed by atoms with E-state index in [1.165, 1.54) is 28.6 Å². The van der Waals surface area contributed by atoms with Gasteiger partial charge in [-0.3, -0.25) is 4.79 Å². The molecule has 1 heterocycles. The number of piperidine rings is 1. The zero-order valence-electron chi connectivity index (χ0n) is 16.0. The van der Waals surface area contributed by atoms with Crippen molar-refractivity contribution in [2.24, 2.45) is 5.92 Å². The van der Waals surface area contributed by atoms with Gasteiger partial charge in [-0.15, -0.1) is 0 Å². The minimum atomic E-state index is -4.58. The summed E-state index contributed by atoms with van der Waals surface area (Å²) in [6.45, 7) is 2.97. The van der Waals surface area contributed by atoms with Crippen LogP contribution in [0.5, 0.6) is 0 Å². The van der Waals surface area contributed by atoms with E-state index in [1.54, 1.807) is 0 Å². The maximum absolute atomic E-state index is 12.9. The Morgan fingerprint density at radius 1 is 1.10 bits per heavy atom. The smallest absolute Gasteiger partial charge is 0.321 e. The molecule has 2 aromatic rings. The van der Waals surface area contributed by atoms with Crippen LogP contribution in [-0.4, -0.2) is 31.7 Å². The summed E-state index contributed by atoms with van der Waals surface area (Å²) >= 11 is 5.89. The highest BCUT2D eigenvalue weighted by Gasteiger charge is 2.31. The van der Waals surface area contributed by atoms with Gasteiger partial charge in [0.05, 0.1) is 21.2 Å². The summed E-state index contributed by atoms with van der Waals surface area (Å²) in [5.74, 6) is -0.225. The number of benzene rings is 2. The van der Waals surface area contributed by atoms with Crippen molar-refractivity contribution in [1.29, 1.82) is 0 Å². The molecule has 5 nitrogen and oxygen atoms in total. The van der Waals surface area contributed by atoms with Gasteiger partial charge in [0.15, 0.2) is 0 Å². The lowest BCUT2D eigenvalue weighted by atomic mass is 10.0. The summed E-state index contributed by atoms with van der Waals surface area (Å²) in [6, 6.07) is 7.88. The largest absolute Gasteiger partial charge is 0.416 e. The summed E-state index contributed by atoms with van der Waals surface area (Å²) in [4.78, 5) is 12.5. The molecule has 10 heteroatoms. The average molecular weight is 461 g/mol. The number of hydrogen-bond acceptors (Lipinski definition) is 3. The monoisotopic (exact) mass is 460 g/mol. The molecule has 1 N–H and O–H groups in total. The molecule has 30 heavy (non-hydrogen) atoms. The SMILES string of the molecule is CC1CCN(S(=O)(=O)c2ccc(C(=O)Nc3cc(C(F)(F)F)ccc3Cl)cc2)CC1. The first-order chi connectivity index (χ1) is 14.0. The Hall–Kier alpha value is -2.10. The van der Waals surface area contributed by atoms with Crippen molar-refractivity contribution in [3.05, 3.63) is 58.6 Å². The van der Waals surface area contributed by atoms with Crippen LogP contribution in [0.2, 0.25) is 5.02 Å². The van der Waals surface area contributed by atoms with E-state index in [4.69, 9.17) is 11.6 Å². The highest BCUT2D eigenvalue weighted by atomic mass is 35.5. The Kier molecular flexibility index (Phi) is 6.45. The number of sulfonamides is 1. The summed E-state index contributed by atoms with van der Waals surface area (Å²) in [5.41, 5.74) is -1.04. The van der Waals surface area contributed by atoms with Gasteiger partial charge in [-0.05, 0) is 61.2 Å². The molecular formula is C20H20ClF3N2O3S. The van der Waals surface area contributed by atoms with Crippen LogP contribution in [0.4, 0.5) is 18.9 Å². The number of carbonyl (C=O) groups is 1. The standard InChI is InChI=1S/C20H20ClF3N2O3S/c1-13-8-10-26(11-9-13)30(28,29)16-5-2-14(3-6-16)19(27)25-18-12-15(20(22,23)24)4-7-17(18)21/h2-7,12-13H,8-11H2,1H3,(H,25,27). The van der Waals surface area contributed by atoms with E-state index in [1.807, 2.05) is 0 Å². The number of nitrogens with one attached hydrogen (secondary N) is 1. The van der Waals surface area contributed by atoms with E-state index in [2.05, 4.69) is 12.2 Å². The van der Waals surface area contributed by atoms with Gasteiger partial charge >= 0.3 is 6.18 Å². The number of carbonyl (C=O) groups excluding carboxylic acids is 1. The fourth-order valence-electron chi connectivity index (χ4n) is 3.14. The Labute approximate surface area is 177 Å². The number of amides is 1. The lowest BCUT2D eigenvalue weighted by molar-refractivity contribution is -0.137. The van der Waals surface area contributed by atoms with Crippen LogP contribution in [0.25, 0.3) is 0 Å². The van der Waals surface area contributed by atoms with Gasteiger partial charge in [-0.25, -0.2) is 8.42 Å². The van der Waals surface area contributed by atoms with Crippen molar-refractivity contribution in [3.8, 4) is 0 Å². The molecule has 0 aromatic heterocycles. The van der Waals surface area contributed by atoms with Crippen LogP contribution in [0.15, 0.2) is 47.4 Å². The summed E-state index contributed by atoms with van der Waals surface area (Å²) in [6.07, 6.45) is -3.00. The van der Waals surface area contributed by atoms with E-state index in [0.29, 0.717) is 19.0 Å². The number of alkyl halides is 3. The van der Waals surface area contributed by atoms with Crippen molar-refractivity contribution >= 4 is 33.2 Å². The molecule has 0 spiro atoms. The maximum Gasteiger partial charge on any atom is 0.416 e. The van der Waals surface area contributed by atoms with Gasteiger partial charge in [0.1, 0.15) is 0 Å². The molecule has 1 aliphatic rings. The third-order valence-corrected chi connectivity index (χ3v) is 7.28. The fraction of sp³-hybridized carbons (Fsp3) is 0.350. The number of anilines is 1. The fourth-order valence-corrected chi connectivity index (χ4v) is 4.78. The maximum atomic E-state index is 12.9. The van der Waals surface area contributed by atoms with Crippen LogP contribution in [0, 0.1) is 5.92 Å². The normalized spacial score (nSPS) is 16.4. The van der Waals surface area contributed by atoms with Gasteiger partial charge in [0, 0.05) is 18.7 Å². The Morgan fingerprint density at radius 3 is 2.27 bits per heavy atom. The second kappa shape index (κ2) is 8.56. The third-order valence-electron chi connectivity index (χ3n) is 5.04. The molecule has 1 amide bonds. The Morgan fingerprint density at radius 2 is 1.70 bits per heavy atom. The Bertz CT molecular complexity index is 1030. The quantitative estimate of drug-likeness (QED) is 0.695. The molecule has 0 saturated carbocycles. The van der Waals surface area contributed by atoms with Crippen LogP contribution < -0.4 is 5.32 Å². The molecule has 0 radical (unpaired) electrons. The topological polar surface area (TPSA) is 66.5 Å². The van der Waals surface area contributed by atoms with Gasteiger partial charge in [0.2, 0.25) is 10.0 Å². The van der Waals surface area contributed by atoms with Crippen molar-refractivity contribution in [2.75, 3.05) is 18.4 Å². The van der Waals surface area contributed by atoms with Gasteiger partial charge in [-0.1, -0.05) is 18.5 Å². The van der Waals surface area contributed by atoms with Crippen LogP contribution in [0.3, 0.4) is 0 Å². The van der Waals surface area contributed by atoms with E-state index >= 15 is 0 Å². The highest BCUT2D eigenvalue weighted by molar-refractivity contribution is 7.89. The van der Waals surface area contributed by atoms with E-state index in [9.17, 15) is 26.4 Å². The van der Waals surface area contributed by atoms with E-state index in [-0.39, 0.29) is 21.2 Å². The molecule has 1 saturated heterocycles. The second-order valence-corrected chi connectivity index (χ2v) is 9.60. The highest BCUT2D eigenvalue weighted by Crippen LogP contribution is 2.34. The minimum absolute atomic E-state index is 0.0464. The molecule has 162 valence electrons. The third kappa shape index (κ3) is 4.96. The predicted octanol–water partition coefficient (Wildman–Crippen LogP) is 5.03. The van der Waals surface area contributed by atoms with E-state index < -0.39 is 27.7 Å². The summed E-state index contributed by atoms with van der Waals surface area (Å²) in [5, 5.41) is 2.29. The molecule has 0 aliphatic carbocycles. The van der Waals surface area contributed by atoms with Crippen molar-refractivity contribution < 1.29 is 26.4 Å². The molecule has 0 unspecified atom stereocenters. The van der Waals surface area contributed by atoms with Crippen molar-refractivity contribution in [3.63, 3.8) is 0 Å². The minimum Gasteiger partial charge on any atom is -0.321 e. The van der Waals surface area contributed by atoms with Crippen LogP contribution >= 0.6 is 11.6 Å². The first-order valence-corrected chi connectivity index (χ1v) is 11.1. The first kappa shape index (κ1) is 22.6. The molecule has 3 rings (SSSR count). The number of hydrogen-bond donors (Lipinski definition) is 1. The van der Waals surface area contributed by atoms with Gasteiger partial charge in [-0.2, -0.15) is 17.5 Å². The number of rotatable bonds is 4. The number of nitrogens with zero attached hydrogens (tertiary/aromatic N) is 1. The predicted molar refractivity (Wildman–Crippen MR) is 108 cm³/mol. The van der Waals surface area contributed by atoms with Crippen molar-refractivity contribution in [1.82, 2.24) is 4.31 Å². The molecule has 1 aliphatic heterocycles. The molecule has 0 bridgehead atoms. The van der Waals surface area contributed by atoms with Crippen molar-refractivity contribution in [2.45, 2.75) is 30.8 Å². The first-order valence-electron chi connectivity index (χ1n) is 9.27. The Balaban J connectivity index is 1.76. The summed E-state index contributed by atoms with van der Waals surface area (Å²) in [7, 11) is -3.66. The van der Waals surface area contributed by atoms with Crippen LogP contribution in [0.1, 0.15) is 35.7 Å². The zero-order chi connectivity index (χ0) is 22.1. The zero-order valence-corrected chi connectivity index (χ0v) is 17.6. The number of halogens is 4. The molecule has 2 aromatic carbocycles. The molecular weight excluding hydrogens is 441 g/mol. The lowest BCUT2D eigenvalue weighted by Crippen LogP contribution is -2.37.